The highest BCUT2D eigenvalue weighted by Crippen LogP contribution is 2.45. The van der Waals surface area contributed by atoms with Gasteiger partial charge < -0.3 is 4.74 Å². The lowest BCUT2D eigenvalue weighted by molar-refractivity contribution is 0.0735. The lowest BCUT2D eigenvalue weighted by atomic mass is 10.1. The summed E-state index contributed by atoms with van der Waals surface area (Å²) in [5, 5.41) is 0.616. The molecule has 21 heavy (non-hydrogen) atoms. The fourth-order valence-electron chi connectivity index (χ4n) is 2.00. The van der Waals surface area contributed by atoms with Crippen molar-refractivity contribution in [2.45, 2.75) is 4.58 Å². The van der Waals surface area contributed by atoms with Gasteiger partial charge in [0.25, 0.3) is 0 Å². The van der Waals surface area contributed by atoms with Crippen molar-refractivity contribution in [2.75, 3.05) is 11.5 Å². The van der Waals surface area contributed by atoms with Crippen LogP contribution in [0, 0.1) is 0 Å². The van der Waals surface area contributed by atoms with E-state index in [-0.39, 0.29) is 5.97 Å². The zero-order chi connectivity index (χ0) is 14.7. The number of hydrogen-bond acceptors (Lipinski definition) is 4. The molecule has 2 aromatic rings. The van der Waals surface area contributed by atoms with Crippen LogP contribution in [0.1, 0.15) is 20.5 Å². The van der Waals surface area contributed by atoms with E-state index in [4.69, 9.17) is 16.3 Å². The Labute approximate surface area is 137 Å². The Hall–Kier alpha value is -1.10. The van der Waals surface area contributed by atoms with Crippen molar-refractivity contribution in [1.82, 2.24) is 0 Å². The Bertz CT molecular complexity index is 620. The van der Waals surface area contributed by atoms with E-state index in [1.54, 1.807) is 24.3 Å². The monoisotopic (exact) mass is 336 g/mol. The third-order valence-corrected chi connectivity index (χ3v) is 6.42. The second-order valence-corrected chi connectivity index (χ2v) is 7.70. The summed E-state index contributed by atoms with van der Waals surface area (Å²) in [4.78, 5) is 12.1. The van der Waals surface area contributed by atoms with Crippen LogP contribution >= 0.6 is 35.1 Å². The SMILES string of the molecule is O=C(Oc1ccc(Cl)cc1)c1ccc(C2SCCS2)cc1. The van der Waals surface area contributed by atoms with E-state index in [2.05, 4.69) is 0 Å². The van der Waals surface area contributed by atoms with E-state index in [1.807, 2.05) is 47.8 Å². The molecular formula is C16H13ClO2S2. The molecule has 0 radical (unpaired) electrons. The third-order valence-electron chi connectivity index (χ3n) is 3.06. The molecule has 0 aliphatic carbocycles. The summed E-state index contributed by atoms with van der Waals surface area (Å²) in [6, 6.07) is 14.4. The maximum atomic E-state index is 12.1. The fourth-order valence-corrected chi connectivity index (χ4v) is 4.98. The van der Waals surface area contributed by atoms with Gasteiger partial charge in [-0.3, -0.25) is 0 Å². The normalized spacial score (nSPS) is 15.1. The van der Waals surface area contributed by atoms with Crippen molar-refractivity contribution in [2.24, 2.45) is 0 Å². The molecule has 2 aromatic carbocycles. The first-order valence-electron chi connectivity index (χ1n) is 6.53. The van der Waals surface area contributed by atoms with Crippen LogP contribution in [0.25, 0.3) is 0 Å². The number of carbonyl (C=O) groups is 1. The average Bonchev–Trinajstić information content (AvgIpc) is 3.04. The average molecular weight is 337 g/mol. The van der Waals surface area contributed by atoms with Gasteiger partial charge in [-0.1, -0.05) is 23.7 Å². The summed E-state index contributed by atoms with van der Waals surface area (Å²) in [6.07, 6.45) is 0. The van der Waals surface area contributed by atoms with Gasteiger partial charge in [0, 0.05) is 16.5 Å². The summed E-state index contributed by atoms with van der Waals surface area (Å²) in [7, 11) is 0. The van der Waals surface area contributed by atoms with E-state index >= 15 is 0 Å². The Morgan fingerprint density at radius 1 is 1.00 bits per heavy atom. The first-order chi connectivity index (χ1) is 10.2. The van der Waals surface area contributed by atoms with Crippen LogP contribution in [-0.4, -0.2) is 17.5 Å². The van der Waals surface area contributed by atoms with E-state index in [0.29, 0.717) is 20.9 Å². The number of ether oxygens (including phenoxy) is 1. The van der Waals surface area contributed by atoms with Gasteiger partial charge in [0.15, 0.2) is 0 Å². The molecular weight excluding hydrogens is 324 g/mol. The molecule has 1 heterocycles. The first kappa shape index (κ1) is 14.8. The molecule has 2 nitrogen and oxygen atoms in total. The Morgan fingerprint density at radius 2 is 1.62 bits per heavy atom. The molecule has 108 valence electrons. The van der Waals surface area contributed by atoms with E-state index < -0.39 is 0 Å². The van der Waals surface area contributed by atoms with E-state index in [0.717, 1.165) is 0 Å². The smallest absolute Gasteiger partial charge is 0.343 e. The largest absolute Gasteiger partial charge is 0.423 e. The standard InChI is InChI=1S/C16H13ClO2S2/c17-13-5-7-14(8-6-13)19-15(18)11-1-3-12(4-2-11)16-20-9-10-21-16/h1-8,16H,9-10H2. The molecule has 0 saturated carbocycles. The van der Waals surface area contributed by atoms with Gasteiger partial charge in [0.05, 0.1) is 10.1 Å². The molecule has 1 fully saturated rings. The number of benzene rings is 2. The van der Waals surface area contributed by atoms with Crippen LogP contribution in [0.2, 0.25) is 5.02 Å². The van der Waals surface area contributed by atoms with E-state index in [1.165, 1.54) is 17.1 Å². The zero-order valence-corrected chi connectivity index (χ0v) is 13.5. The predicted octanol–water partition coefficient (Wildman–Crippen LogP) is 5.04. The Kier molecular flexibility index (Phi) is 4.78. The Morgan fingerprint density at radius 3 is 2.24 bits per heavy atom. The molecule has 1 aliphatic rings. The van der Waals surface area contributed by atoms with Crippen LogP contribution in [0.15, 0.2) is 48.5 Å². The molecule has 5 heteroatoms. The van der Waals surface area contributed by atoms with Gasteiger partial charge in [0.1, 0.15) is 5.75 Å². The van der Waals surface area contributed by atoms with Crippen molar-refractivity contribution >= 4 is 41.1 Å². The number of esters is 1. The first-order valence-corrected chi connectivity index (χ1v) is 9.01. The minimum Gasteiger partial charge on any atom is -0.423 e. The third kappa shape index (κ3) is 3.76. The van der Waals surface area contributed by atoms with Crippen molar-refractivity contribution in [3.63, 3.8) is 0 Å². The number of halogens is 1. The molecule has 0 spiro atoms. The highest BCUT2D eigenvalue weighted by atomic mass is 35.5. The van der Waals surface area contributed by atoms with Crippen molar-refractivity contribution in [3.05, 3.63) is 64.7 Å². The van der Waals surface area contributed by atoms with Crippen LogP contribution in [0.3, 0.4) is 0 Å². The lowest BCUT2D eigenvalue weighted by Gasteiger charge is -2.09. The number of carbonyl (C=O) groups excluding carboxylic acids is 1. The summed E-state index contributed by atoms with van der Waals surface area (Å²) < 4.78 is 5.80. The van der Waals surface area contributed by atoms with Gasteiger partial charge in [-0.25, -0.2) is 4.79 Å². The maximum absolute atomic E-state index is 12.1. The number of hydrogen-bond donors (Lipinski definition) is 0. The van der Waals surface area contributed by atoms with Gasteiger partial charge in [-0.05, 0) is 42.0 Å². The molecule has 1 saturated heterocycles. The van der Waals surface area contributed by atoms with Crippen molar-refractivity contribution < 1.29 is 9.53 Å². The van der Waals surface area contributed by atoms with Crippen LogP contribution in [-0.2, 0) is 0 Å². The number of thioether (sulfide) groups is 2. The summed E-state index contributed by atoms with van der Waals surface area (Å²) in [5.41, 5.74) is 1.81. The predicted molar refractivity (Wildman–Crippen MR) is 90.5 cm³/mol. The molecule has 0 atom stereocenters. The van der Waals surface area contributed by atoms with Crippen molar-refractivity contribution in [1.29, 1.82) is 0 Å². The summed E-state index contributed by atoms with van der Waals surface area (Å²) in [5.74, 6) is 2.52. The maximum Gasteiger partial charge on any atom is 0.343 e. The highest BCUT2D eigenvalue weighted by molar-refractivity contribution is 8.19. The quantitative estimate of drug-likeness (QED) is 0.579. The molecule has 0 bridgehead atoms. The van der Waals surface area contributed by atoms with Gasteiger partial charge in [-0.15, -0.1) is 23.5 Å². The fraction of sp³-hybridized carbons (Fsp3) is 0.188. The van der Waals surface area contributed by atoms with Gasteiger partial charge >= 0.3 is 5.97 Å². The van der Waals surface area contributed by atoms with Crippen molar-refractivity contribution in [3.8, 4) is 5.75 Å². The topological polar surface area (TPSA) is 26.3 Å². The zero-order valence-electron chi connectivity index (χ0n) is 11.1. The minimum atomic E-state index is -0.351. The number of rotatable bonds is 3. The summed E-state index contributed by atoms with van der Waals surface area (Å²) >= 11 is 9.70. The molecule has 0 unspecified atom stereocenters. The lowest BCUT2D eigenvalue weighted by Crippen LogP contribution is -2.08. The van der Waals surface area contributed by atoms with Crippen LogP contribution < -0.4 is 4.74 Å². The summed E-state index contributed by atoms with van der Waals surface area (Å²) in [6.45, 7) is 0. The van der Waals surface area contributed by atoms with Crippen LogP contribution in [0.4, 0.5) is 0 Å². The molecule has 3 rings (SSSR count). The van der Waals surface area contributed by atoms with E-state index in [9.17, 15) is 4.79 Å². The highest BCUT2D eigenvalue weighted by Gasteiger charge is 2.18. The van der Waals surface area contributed by atoms with Crippen LogP contribution in [0.5, 0.6) is 5.75 Å². The van der Waals surface area contributed by atoms with Gasteiger partial charge in [0.2, 0.25) is 0 Å². The Balaban J connectivity index is 1.68. The van der Waals surface area contributed by atoms with Gasteiger partial charge in [-0.2, -0.15) is 0 Å². The minimum absolute atomic E-state index is 0.351. The molecule has 0 amide bonds. The molecule has 1 aliphatic heterocycles. The molecule has 0 N–H and O–H groups in total. The molecule has 0 aromatic heterocycles. The second-order valence-electron chi connectivity index (χ2n) is 4.54. The second kappa shape index (κ2) is 6.77.